The van der Waals surface area contributed by atoms with E-state index in [1.807, 2.05) is 0 Å². The van der Waals surface area contributed by atoms with Crippen LogP contribution in [-0.2, 0) is 20.0 Å². The lowest BCUT2D eigenvalue weighted by Crippen LogP contribution is -2.27. The van der Waals surface area contributed by atoms with Crippen molar-refractivity contribution in [2.24, 2.45) is 13.0 Å². The molecule has 0 amide bonds. The summed E-state index contributed by atoms with van der Waals surface area (Å²) in [5.74, 6) is -1.55. The summed E-state index contributed by atoms with van der Waals surface area (Å²) in [6.45, 7) is 1.55. The van der Waals surface area contributed by atoms with E-state index in [-0.39, 0.29) is 28.7 Å². The number of hydrogen-bond donors (Lipinski definition) is 0. The molecule has 1 aromatic carbocycles. The quantitative estimate of drug-likeness (QED) is 0.729. The molecule has 0 saturated heterocycles. The molecule has 112 valence electrons. The zero-order valence-electron chi connectivity index (χ0n) is 20.2. The number of aryl methyl sites for hydroxylation is 2. The molecule has 2 aromatic heterocycles. The number of para-hydroxylation sites is 1. The maximum absolute atomic E-state index is 13.5. The third kappa shape index (κ3) is 1.83. The first-order valence-corrected chi connectivity index (χ1v) is 6.95. The highest BCUT2D eigenvalue weighted by atomic mass is 16.1. The van der Waals surface area contributed by atoms with E-state index >= 15 is 0 Å². The van der Waals surface area contributed by atoms with Crippen molar-refractivity contribution < 1.29 is 15.8 Å². The van der Waals surface area contributed by atoms with Gasteiger partial charge in [0.15, 0.2) is 5.78 Å². The molecular weight excluding hydrogens is 274 g/mol. The highest BCUT2D eigenvalue weighted by Gasteiger charge is 2.32. The van der Waals surface area contributed by atoms with Gasteiger partial charge in [0.1, 0.15) is 5.82 Å². The summed E-state index contributed by atoms with van der Waals surface area (Å²) < 4.78 is 69.5. The van der Waals surface area contributed by atoms with E-state index in [0.29, 0.717) is 5.82 Å². The van der Waals surface area contributed by atoms with E-state index in [4.69, 9.17) is 11.0 Å². The fourth-order valence-electron chi connectivity index (χ4n) is 2.84. The SMILES string of the molecule is [2H]c1c([2H])c([2H])c2c(c1[2H])c1c(n2C)C([2H])([2H])C([2H])([2H])C(Cn2ccnc2C)C1=O. The van der Waals surface area contributed by atoms with Crippen LogP contribution in [0.1, 0.15) is 39.2 Å². The Hall–Kier alpha value is -2.36. The Labute approximate surface area is 140 Å². The molecular formula is C18H19N3O. The smallest absolute Gasteiger partial charge is 0.170 e. The number of hydrogen-bond acceptors (Lipinski definition) is 2. The van der Waals surface area contributed by atoms with Crippen LogP contribution in [-0.4, -0.2) is 19.9 Å². The van der Waals surface area contributed by atoms with Gasteiger partial charge in [0.2, 0.25) is 0 Å². The molecule has 3 aromatic rings. The molecule has 4 heteroatoms. The van der Waals surface area contributed by atoms with Crippen molar-refractivity contribution in [3.8, 4) is 0 Å². The normalized spacial score (nSPS) is 27.7. The predicted molar refractivity (Wildman–Crippen MR) is 86.0 cm³/mol. The molecule has 0 radical (unpaired) electrons. The minimum atomic E-state index is -2.62. The molecule has 0 saturated carbocycles. The molecule has 1 aliphatic rings. The number of Topliss-reactive ketones (excluding diaryl/α,β-unsaturated/α-hetero) is 1. The first-order chi connectivity index (χ1) is 13.8. The standard InChI is InChI=1S/C18H19N3O/c1-12-19-9-10-21(12)11-13-7-8-16-17(18(13)22)14-5-3-4-6-15(14)20(16)2/h3-6,9-10,13H,7-8,11H2,1-2H3/i3D,4D,5D,6D,7D2,8D2. The summed E-state index contributed by atoms with van der Waals surface area (Å²) in [6, 6.07) is -1.85. The van der Waals surface area contributed by atoms with Crippen LogP contribution in [0.2, 0.25) is 0 Å². The van der Waals surface area contributed by atoms with Crippen LogP contribution in [0, 0.1) is 12.8 Å². The van der Waals surface area contributed by atoms with Crippen LogP contribution in [0.25, 0.3) is 10.9 Å². The first kappa shape index (κ1) is 7.27. The van der Waals surface area contributed by atoms with Gasteiger partial charge in [0.05, 0.1) is 5.48 Å². The predicted octanol–water partition coefficient (Wildman–Crippen LogP) is 3.13. The van der Waals surface area contributed by atoms with E-state index in [1.54, 1.807) is 17.7 Å². The number of fused-ring (bicyclic) bond motifs is 3. The monoisotopic (exact) mass is 301 g/mol. The van der Waals surface area contributed by atoms with Gasteiger partial charge in [-0.1, -0.05) is 18.1 Å². The fourth-order valence-corrected chi connectivity index (χ4v) is 2.84. The van der Waals surface area contributed by atoms with Gasteiger partial charge in [-0.2, -0.15) is 0 Å². The van der Waals surface area contributed by atoms with Crippen LogP contribution in [0.15, 0.2) is 36.6 Å². The molecule has 0 spiro atoms. The number of ketones is 1. The minimum Gasteiger partial charge on any atom is -0.347 e. The van der Waals surface area contributed by atoms with E-state index in [0.717, 1.165) is 0 Å². The topological polar surface area (TPSA) is 39.8 Å². The van der Waals surface area contributed by atoms with Gasteiger partial charge in [-0.15, -0.1) is 0 Å². The first-order valence-electron chi connectivity index (χ1n) is 10.9. The third-order valence-electron chi connectivity index (χ3n) is 4.06. The van der Waals surface area contributed by atoms with Gasteiger partial charge in [-0.3, -0.25) is 4.79 Å². The molecule has 1 aliphatic carbocycles. The zero-order valence-corrected chi connectivity index (χ0v) is 12.2. The largest absolute Gasteiger partial charge is 0.347 e. The summed E-state index contributed by atoms with van der Waals surface area (Å²) >= 11 is 0. The van der Waals surface area contributed by atoms with E-state index < -0.39 is 48.6 Å². The molecule has 0 aliphatic heterocycles. The lowest BCUT2D eigenvalue weighted by molar-refractivity contribution is 0.0888. The summed E-state index contributed by atoms with van der Waals surface area (Å²) in [5.41, 5.74) is -0.459. The van der Waals surface area contributed by atoms with Crippen molar-refractivity contribution >= 4 is 16.7 Å². The number of benzene rings is 1. The van der Waals surface area contributed by atoms with Gasteiger partial charge in [0.25, 0.3) is 0 Å². The van der Waals surface area contributed by atoms with Crippen molar-refractivity contribution in [2.75, 3.05) is 0 Å². The van der Waals surface area contributed by atoms with Crippen molar-refractivity contribution in [2.45, 2.75) is 26.2 Å². The number of carbonyl (C=O) groups is 1. The summed E-state index contributed by atoms with van der Waals surface area (Å²) in [4.78, 5) is 17.6. The highest BCUT2D eigenvalue weighted by Crippen LogP contribution is 2.34. The van der Waals surface area contributed by atoms with Gasteiger partial charge in [-0.25, -0.2) is 4.98 Å². The Morgan fingerprint density at radius 2 is 2.27 bits per heavy atom. The van der Waals surface area contributed by atoms with Crippen LogP contribution >= 0.6 is 0 Å². The Morgan fingerprint density at radius 3 is 3.05 bits per heavy atom. The second-order valence-corrected chi connectivity index (χ2v) is 5.32. The Bertz CT molecular complexity index is 1230. The summed E-state index contributed by atoms with van der Waals surface area (Å²) in [7, 11) is 1.39. The minimum absolute atomic E-state index is 0.0153. The van der Waals surface area contributed by atoms with Gasteiger partial charge in [-0.05, 0) is 25.7 Å². The summed E-state index contributed by atoms with van der Waals surface area (Å²) in [6.07, 6.45) is -2.12. The molecule has 1 atom stereocenters. The molecule has 4 rings (SSSR count). The number of aromatic nitrogens is 3. The van der Waals surface area contributed by atoms with Crippen molar-refractivity contribution in [3.05, 3.63) is 53.6 Å². The number of nitrogens with zero attached hydrogens (tertiary/aromatic N) is 3. The van der Waals surface area contributed by atoms with Crippen LogP contribution in [0.5, 0.6) is 0 Å². The number of imidazole rings is 1. The maximum Gasteiger partial charge on any atom is 0.170 e. The average Bonchev–Trinajstić information content (AvgIpc) is 3.21. The van der Waals surface area contributed by atoms with E-state index in [1.165, 1.54) is 17.8 Å². The van der Waals surface area contributed by atoms with Crippen LogP contribution in [0.4, 0.5) is 0 Å². The van der Waals surface area contributed by atoms with Crippen LogP contribution < -0.4 is 0 Å². The molecule has 1 unspecified atom stereocenters. The lowest BCUT2D eigenvalue weighted by Gasteiger charge is -2.23. The second-order valence-electron chi connectivity index (χ2n) is 5.32. The van der Waals surface area contributed by atoms with E-state index in [2.05, 4.69) is 4.98 Å². The molecule has 4 nitrogen and oxygen atoms in total. The average molecular weight is 301 g/mol. The number of rotatable bonds is 2. The summed E-state index contributed by atoms with van der Waals surface area (Å²) in [5, 5.41) is -0.0739. The molecule has 0 N–H and O–H groups in total. The Balaban J connectivity index is 2.09. The number of carbonyl (C=O) groups excluding carboxylic acids is 1. The molecule has 2 heterocycles. The maximum atomic E-state index is 13.5. The second kappa shape index (κ2) is 4.83. The lowest BCUT2D eigenvalue weighted by atomic mass is 9.85. The van der Waals surface area contributed by atoms with Crippen molar-refractivity contribution in [1.82, 2.24) is 14.1 Å². The van der Waals surface area contributed by atoms with Gasteiger partial charge in [0, 0.05) is 59.5 Å². The third-order valence-corrected chi connectivity index (χ3v) is 4.06. The van der Waals surface area contributed by atoms with Gasteiger partial charge >= 0.3 is 0 Å². The van der Waals surface area contributed by atoms with Crippen LogP contribution in [0.3, 0.4) is 0 Å². The van der Waals surface area contributed by atoms with Gasteiger partial charge < -0.3 is 9.13 Å². The zero-order chi connectivity index (χ0) is 22.3. The molecule has 0 bridgehead atoms. The fraction of sp³-hybridized carbons (Fsp3) is 0.333. The Kier molecular flexibility index (Phi) is 1.60. The molecule has 0 fully saturated rings. The Morgan fingerprint density at radius 1 is 1.45 bits per heavy atom. The highest BCUT2D eigenvalue weighted by molar-refractivity contribution is 6.11. The van der Waals surface area contributed by atoms with E-state index in [9.17, 15) is 4.79 Å². The van der Waals surface area contributed by atoms with Crippen molar-refractivity contribution in [3.63, 3.8) is 0 Å². The molecule has 22 heavy (non-hydrogen) atoms. The van der Waals surface area contributed by atoms with Crippen molar-refractivity contribution in [1.29, 1.82) is 0 Å².